The molecular weight excluding hydrogens is 374 g/mol. The highest BCUT2D eigenvalue weighted by Crippen LogP contribution is 2.59. The van der Waals surface area contributed by atoms with Crippen LogP contribution in [0.25, 0.3) is 0 Å². The van der Waals surface area contributed by atoms with Gasteiger partial charge < -0.3 is 5.73 Å². The first-order chi connectivity index (χ1) is 13.5. The average Bonchev–Trinajstić information content (AvgIpc) is 2.69. The van der Waals surface area contributed by atoms with Crippen LogP contribution < -0.4 is 5.73 Å². The third-order valence-electron chi connectivity index (χ3n) is 9.33. The molecule has 1 aromatic carbocycles. The van der Waals surface area contributed by atoms with Crippen LogP contribution in [0.2, 0.25) is 0 Å². The van der Waals surface area contributed by atoms with Crippen LogP contribution in [0.5, 0.6) is 0 Å². The smallest absolute Gasteiger partial charge is 0.0104 e. The van der Waals surface area contributed by atoms with Gasteiger partial charge in [-0.25, -0.2) is 0 Å². The van der Waals surface area contributed by atoms with Gasteiger partial charge in [0.15, 0.2) is 0 Å². The summed E-state index contributed by atoms with van der Waals surface area (Å²) in [6.45, 7) is 6.76. The molecule has 0 amide bonds. The highest BCUT2D eigenvalue weighted by molar-refractivity contribution is 5.85. The molecule has 5 saturated carbocycles. The minimum absolute atomic E-state index is 0. The third-order valence-corrected chi connectivity index (χ3v) is 9.33. The summed E-state index contributed by atoms with van der Waals surface area (Å²) in [6.07, 6.45) is 15.0. The van der Waals surface area contributed by atoms with E-state index in [0.29, 0.717) is 0 Å². The van der Waals surface area contributed by atoms with E-state index < -0.39 is 0 Å². The number of hydrogen-bond donors (Lipinski definition) is 1. The van der Waals surface area contributed by atoms with E-state index >= 15 is 0 Å². The predicted octanol–water partition coefficient (Wildman–Crippen LogP) is 7.04. The molecule has 0 radical (unpaired) electrons. The van der Waals surface area contributed by atoms with Crippen LogP contribution in [0, 0.1) is 29.1 Å². The number of benzene rings is 1. The molecule has 2 N–H and O–H groups in total. The fraction of sp³-hybridized carbons (Fsp3) is 0.704. The fourth-order valence-corrected chi connectivity index (χ4v) is 8.06. The highest BCUT2D eigenvalue weighted by Gasteiger charge is 2.48. The minimum Gasteiger partial charge on any atom is -0.327 e. The summed E-state index contributed by atoms with van der Waals surface area (Å²) in [5, 5.41) is 0. The van der Waals surface area contributed by atoms with Gasteiger partial charge in [0, 0.05) is 11.5 Å². The molecule has 2 heteroatoms. The van der Waals surface area contributed by atoms with Crippen LogP contribution in [-0.2, 0) is 6.42 Å². The van der Waals surface area contributed by atoms with Gasteiger partial charge in [-0.05, 0) is 99.0 Å². The van der Waals surface area contributed by atoms with Gasteiger partial charge in [-0.15, -0.1) is 12.4 Å². The summed E-state index contributed by atoms with van der Waals surface area (Å²) in [5.74, 6) is 4.91. The largest absolute Gasteiger partial charge is 0.327 e. The zero-order valence-electron chi connectivity index (χ0n) is 18.2. The number of halogens is 1. The standard InChI is InChI=1S/C27H39N.ClH/c1-18(27(19(2)28)10-4-3-5-11-27)12-20-6-8-23(9-7-20)26-24-14-21-13-22(16-24)17-25(26)15-21;/h6-9,19,21-22,24-26H,1,3-5,10-17,28H2,2H3;1H. The van der Waals surface area contributed by atoms with Crippen molar-refractivity contribution in [3.05, 3.63) is 47.5 Å². The lowest BCUT2D eigenvalue weighted by molar-refractivity contribution is -0.00278. The lowest BCUT2D eigenvalue weighted by Crippen LogP contribution is -2.43. The Labute approximate surface area is 184 Å². The number of nitrogens with two attached hydrogens (primary N) is 1. The first-order valence-electron chi connectivity index (χ1n) is 12.1. The molecule has 0 aromatic heterocycles. The fourth-order valence-electron chi connectivity index (χ4n) is 8.06. The SMILES string of the molecule is C=C(Cc1ccc(C2C3CC4CC(C3)CC2C4)cc1)C1(C(C)N)CCCCC1.Cl. The van der Waals surface area contributed by atoms with Crippen LogP contribution in [0.4, 0.5) is 0 Å². The van der Waals surface area contributed by atoms with Gasteiger partial charge in [0.05, 0.1) is 0 Å². The predicted molar refractivity (Wildman–Crippen MR) is 125 cm³/mol. The normalized spacial score (nSPS) is 35.7. The molecule has 1 nitrogen and oxygen atoms in total. The van der Waals surface area contributed by atoms with E-state index in [0.717, 1.165) is 36.0 Å². The molecule has 6 rings (SSSR count). The molecule has 0 heterocycles. The van der Waals surface area contributed by atoms with Gasteiger partial charge in [0.1, 0.15) is 0 Å². The molecule has 5 aliphatic rings. The monoisotopic (exact) mass is 413 g/mol. The van der Waals surface area contributed by atoms with Crippen LogP contribution in [0.3, 0.4) is 0 Å². The van der Waals surface area contributed by atoms with Crippen molar-refractivity contribution < 1.29 is 0 Å². The Kier molecular flexibility index (Phi) is 6.20. The van der Waals surface area contributed by atoms with Crippen molar-refractivity contribution in [2.24, 2.45) is 34.8 Å². The summed E-state index contributed by atoms with van der Waals surface area (Å²) < 4.78 is 0. The van der Waals surface area contributed by atoms with E-state index in [2.05, 4.69) is 37.8 Å². The Morgan fingerprint density at radius 3 is 2.03 bits per heavy atom. The van der Waals surface area contributed by atoms with Crippen molar-refractivity contribution in [2.45, 2.75) is 89.5 Å². The lowest BCUT2D eigenvalue weighted by atomic mass is 9.51. The minimum atomic E-state index is 0. The Balaban J connectivity index is 0.00000205. The second kappa shape index (κ2) is 8.39. The maximum Gasteiger partial charge on any atom is 0.0104 e. The molecule has 1 atom stereocenters. The molecule has 5 fully saturated rings. The van der Waals surface area contributed by atoms with Crippen molar-refractivity contribution in [1.29, 1.82) is 0 Å². The maximum atomic E-state index is 6.48. The van der Waals surface area contributed by atoms with Gasteiger partial charge in [0.2, 0.25) is 0 Å². The van der Waals surface area contributed by atoms with E-state index in [1.165, 1.54) is 68.9 Å². The molecule has 0 spiro atoms. The Morgan fingerprint density at radius 2 is 1.52 bits per heavy atom. The molecule has 1 aromatic rings. The molecule has 160 valence electrons. The van der Waals surface area contributed by atoms with Crippen LogP contribution >= 0.6 is 12.4 Å². The molecular formula is C27H40ClN. The van der Waals surface area contributed by atoms with Crippen molar-refractivity contribution in [3.8, 4) is 0 Å². The highest BCUT2D eigenvalue weighted by atomic mass is 35.5. The first kappa shape index (κ1) is 21.4. The second-order valence-corrected chi connectivity index (χ2v) is 11.0. The van der Waals surface area contributed by atoms with Crippen molar-refractivity contribution in [3.63, 3.8) is 0 Å². The molecule has 0 saturated heterocycles. The lowest BCUT2D eigenvalue weighted by Gasteiger charge is -2.54. The van der Waals surface area contributed by atoms with Crippen LogP contribution in [0.15, 0.2) is 36.4 Å². The van der Waals surface area contributed by atoms with Crippen molar-refractivity contribution in [1.82, 2.24) is 0 Å². The summed E-state index contributed by atoms with van der Waals surface area (Å²) in [5.41, 5.74) is 11.1. The summed E-state index contributed by atoms with van der Waals surface area (Å²) in [4.78, 5) is 0. The van der Waals surface area contributed by atoms with Gasteiger partial charge in [-0.3, -0.25) is 0 Å². The maximum absolute atomic E-state index is 6.48. The molecule has 4 bridgehead atoms. The first-order valence-corrected chi connectivity index (χ1v) is 12.1. The number of hydrogen-bond acceptors (Lipinski definition) is 1. The van der Waals surface area contributed by atoms with Gasteiger partial charge in [-0.1, -0.05) is 55.7 Å². The third kappa shape index (κ3) is 3.83. The van der Waals surface area contributed by atoms with Gasteiger partial charge in [-0.2, -0.15) is 0 Å². The van der Waals surface area contributed by atoms with Gasteiger partial charge in [0.25, 0.3) is 0 Å². The Morgan fingerprint density at radius 1 is 0.966 bits per heavy atom. The number of rotatable bonds is 5. The zero-order valence-corrected chi connectivity index (χ0v) is 19.1. The summed E-state index contributed by atoms with van der Waals surface area (Å²) >= 11 is 0. The summed E-state index contributed by atoms with van der Waals surface area (Å²) in [7, 11) is 0. The van der Waals surface area contributed by atoms with Crippen LogP contribution in [0.1, 0.15) is 88.2 Å². The van der Waals surface area contributed by atoms with Crippen molar-refractivity contribution in [2.75, 3.05) is 0 Å². The van der Waals surface area contributed by atoms with E-state index in [1.807, 2.05) is 0 Å². The Bertz CT molecular complexity index is 685. The quantitative estimate of drug-likeness (QED) is 0.514. The van der Waals surface area contributed by atoms with Crippen LogP contribution in [-0.4, -0.2) is 6.04 Å². The molecule has 29 heavy (non-hydrogen) atoms. The van der Waals surface area contributed by atoms with E-state index in [-0.39, 0.29) is 23.9 Å². The van der Waals surface area contributed by atoms with E-state index in [4.69, 9.17) is 5.73 Å². The van der Waals surface area contributed by atoms with E-state index in [9.17, 15) is 0 Å². The zero-order chi connectivity index (χ0) is 19.3. The average molecular weight is 414 g/mol. The van der Waals surface area contributed by atoms with Crippen molar-refractivity contribution >= 4 is 12.4 Å². The molecule has 1 unspecified atom stereocenters. The second-order valence-electron chi connectivity index (χ2n) is 11.0. The molecule has 0 aliphatic heterocycles. The topological polar surface area (TPSA) is 26.0 Å². The van der Waals surface area contributed by atoms with Gasteiger partial charge >= 0.3 is 0 Å². The summed E-state index contributed by atoms with van der Waals surface area (Å²) in [6, 6.07) is 9.96. The molecule has 5 aliphatic carbocycles. The van der Waals surface area contributed by atoms with E-state index in [1.54, 1.807) is 12.0 Å². The Hall–Kier alpha value is -0.790.